The molecule has 1 atom stereocenters. The summed E-state index contributed by atoms with van der Waals surface area (Å²) in [7, 11) is 0. The third-order valence-electron chi connectivity index (χ3n) is 7.76. The van der Waals surface area contributed by atoms with Gasteiger partial charge in [0.1, 0.15) is 6.04 Å². The Balaban J connectivity index is 1.44. The highest BCUT2D eigenvalue weighted by Crippen LogP contribution is 2.24. The molecule has 0 unspecified atom stereocenters. The van der Waals surface area contributed by atoms with Gasteiger partial charge in [-0.3, -0.25) is 9.59 Å². The average Bonchev–Trinajstić information content (AvgIpc) is 3.48. The van der Waals surface area contributed by atoms with Crippen LogP contribution < -0.4 is 5.32 Å². The van der Waals surface area contributed by atoms with Crippen LogP contribution in [0.3, 0.4) is 0 Å². The van der Waals surface area contributed by atoms with E-state index in [1.807, 2.05) is 72.8 Å². The lowest BCUT2D eigenvalue weighted by molar-refractivity contribution is -0.141. The maximum absolute atomic E-state index is 14.0. The van der Waals surface area contributed by atoms with Gasteiger partial charge in [-0.1, -0.05) is 115 Å². The molecule has 39 heavy (non-hydrogen) atoms. The molecule has 4 aromatic rings. The van der Waals surface area contributed by atoms with Crippen molar-refractivity contribution in [3.05, 3.63) is 119 Å². The number of halogens is 1. The second-order valence-corrected chi connectivity index (χ2v) is 10.9. The van der Waals surface area contributed by atoms with Gasteiger partial charge < -0.3 is 10.2 Å². The van der Waals surface area contributed by atoms with Gasteiger partial charge in [0, 0.05) is 30.5 Å². The van der Waals surface area contributed by atoms with Crippen LogP contribution in [0.2, 0.25) is 5.02 Å². The van der Waals surface area contributed by atoms with Crippen LogP contribution in [-0.2, 0) is 29.0 Å². The van der Waals surface area contributed by atoms with Crippen LogP contribution in [0.15, 0.2) is 97.1 Å². The van der Waals surface area contributed by atoms with Crippen molar-refractivity contribution < 1.29 is 9.59 Å². The smallest absolute Gasteiger partial charge is 0.243 e. The highest BCUT2D eigenvalue weighted by molar-refractivity contribution is 6.31. The summed E-state index contributed by atoms with van der Waals surface area (Å²) >= 11 is 6.55. The zero-order valence-corrected chi connectivity index (χ0v) is 22.9. The summed E-state index contributed by atoms with van der Waals surface area (Å²) in [6, 6.07) is 31.5. The lowest BCUT2D eigenvalue weighted by Gasteiger charge is -2.32. The van der Waals surface area contributed by atoms with Crippen molar-refractivity contribution in [2.45, 2.75) is 63.6 Å². The fourth-order valence-electron chi connectivity index (χ4n) is 5.63. The van der Waals surface area contributed by atoms with Gasteiger partial charge in [0.05, 0.1) is 0 Å². The molecule has 0 bridgehead atoms. The molecule has 4 aromatic carbocycles. The van der Waals surface area contributed by atoms with Gasteiger partial charge in [0.15, 0.2) is 0 Å². The van der Waals surface area contributed by atoms with E-state index in [1.165, 1.54) is 0 Å². The molecule has 5 heteroatoms. The van der Waals surface area contributed by atoms with E-state index in [0.29, 0.717) is 24.3 Å². The summed E-state index contributed by atoms with van der Waals surface area (Å²) in [6.45, 7) is 0.281. The van der Waals surface area contributed by atoms with E-state index in [1.54, 1.807) is 4.90 Å². The summed E-state index contributed by atoms with van der Waals surface area (Å²) in [5.41, 5.74) is 2.99. The first-order valence-corrected chi connectivity index (χ1v) is 14.3. The predicted molar refractivity (Wildman–Crippen MR) is 159 cm³/mol. The number of hydrogen-bond donors (Lipinski definition) is 1. The number of amides is 2. The van der Waals surface area contributed by atoms with Gasteiger partial charge in [0.2, 0.25) is 11.8 Å². The van der Waals surface area contributed by atoms with Gasteiger partial charge in [-0.25, -0.2) is 0 Å². The van der Waals surface area contributed by atoms with Crippen LogP contribution in [0.1, 0.15) is 48.8 Å². The quantitative estimate of drug-likeness (QED) is 0.233. The zero-order valence-electron chi connectivity index (χ0n) is 22.2. The Morgan fingerprint density at radius 2 is 1.49 bits per heavy atom. The maximum atomic E-state index is 14.0. The minimum atomic E-state index is -0.635. The average molecular weight is 539 g/mol. The largest absolute Gasteiger partial charge is 0.352 e. The molecule has 0 spiro atoms. The first kappa shape index (κ1) is 27.0. The van der Waals surface area contributed by atoms with Crippen molar-refractivity contribution in [2.75, 3.05) is 0 Å². The third kappa shape index (κ3) is 6.88. The standard InChI is InChI=1S/C34H35ClN2O2/c35-31-20-9-5-14-28(31)24-37(33(38)22-21-27-16-10-15-26-13-4-8-19-30(26)27)32(23-25-11-2-1-3-12-25)34(39)36-29-17-6-7-18-29/h1-5,8-16,19-20,29,32H,6-7,17-18,21-24H2,(H,36,39)/t32-/m0/s1. The number of nitrogens with zero attached hydrogens (tertiary/aromatic N) is 1. The Labute approximate surface area is 236 Å². The van der Waals surface area contributed by atoms with Crippen LogP contribution >= 0.6 is 11.6 Å². The molecule has 1 aliphatic rings. The Kier molecular flexibility index (Phi) is 8.95. The number of carbonyl (C=O) groups is 2. The number of nitrogens with one attached hydrogen (secondary N) is 1. The molecule has 1 N–H and O–H groups in total. The van der Waals surface area contributed by atoms with Crippen LogP contribution in [0.5, 0.6) is 0 Å². The molecule has 200 valence electrons. The number of carbonyl (C=O) groups excluding carboxylic acids is 2. The molecular weight excluding hydrogens is 504 g/mol. The Morgan fingerprint density at radius 3 is 2.28 bits per heavy atom. The minimum absolute atomic E-state index is 0.0506. The van der Waals surface area contributed by atoms with Gasteiger partial charge in [-0.15, -0.1) is 0 Å². The molecule has 1 saturated carbocycles. The van der Waals surface area contributed by atoms with Crippen LogP contribution in [0.25, 0.3) is 10.8 Å². The fraction of sp³-hybridized carbons (Fsp3) is 0.294. The lowest BCUT2D eigenvalue weighted by Crippen LogP contribution is -2.52. The summed E-state index contributed by atoms with van der Waals surface area (Å²) in [5.74, 6) is -0.137. The molecule has 2 amide bonds. The summed E-state index contributed by atoms with van der Waals surface area (Å²) < 4.78 is 0. The normalized spacial score (nSPS) is 14.3. The molecular formula is C34H35ClN2O2. The van der Waals surface area contributed by atoms with Crippen molar-refractivity contribution in [1.82, 2.24) is 10.2 Å². The first-order valence-electron chi connectivity index (χ1n) is 13.9. The van der Waals surface area contributed by atoms with E-state index in [-0.39, 0.29) is 24.4 Å². The van der Waals surface area contributed by atoms with E-state index in [2.05, 4.69) is 29.6 Å². The van der Waals surface area contributed by atoms with Crippen LogP contribution in [0.4, 0.5) is 0 Å². The molecule has 0 aromatic heterocycles. The molecule has 1 aliphatic carbocycles. The maximum Gasteiger partial charge on any atom is 0.243 e. The molecule has 0 heterocycles. The van der Waals surface area contributed by atoms with E-state index < -0.39 is 6.04 Å². The molecule has 0 aliphatic heterocycles. The number of aryl methyl sites for hydroxylation is 1. The highest BCUT2D eigenvalue weighted by Gasteiger charge is 2.32. The molecule has 4 nitrogen and oxygen atoms in total. The summed E-state index contributed by atoms with van der Waals surface area (Å²) in [4.78, 5) is 29.6. The Hall–Kier alpha value is -3.63. The monoisotopic (exact) mass is 538 g/mol. The lowest BCUT2D eigenvalue weighted by atomic mass is 9.99. The van der Waals surface area contributed by atoms with E-state index in [4.69, 9.17) is 11.6 Å². The van der Waals surface area contributed by atoms with Crippen LogP contribution in [0, 0.1) is 0 Å². The third-order valence-corrected chi connectivity index (χ3v) is 8.13. The zero-order chi connectivity index (χ0) is 27.0. The SMILES string of the molecule is O=C(NC1CCCC1)[C@H](Cc1ccccc1)N(Cc1ccccc1Cl)C(=O)CCc1cccc2ccccc12. The van der Waals surface area contributed by atoms with Crippen molar-refractivity contribution in [3.63, 3.8) is 0 Å². The van der Waals surface area contributed by atoms with Gasteiger partial charge in [-0.2, -0.15) is 0 Å². The van der Waals surface area contributed by atoms with Crippen LogP contribution in [-0.4, -0.2) is 28.8 Å². The number of fused-ring (bicyclic) bond motifs is 1. The summed E-state index contributed by atoms with van der Waals surface area (Å²) in [6.07, 6.45) is 5.59. The van der Waals surface area contributed by atoms with Gasteiger partial charge >= 0.3 is 0 Å². The van der Waals surface area contributed by atoms with Crippen molar-refractivity contribution in [3.8, 4) is 0 Å². The van der Waals surface area contributed by atoms with Gasteiger partial charge in [-0.05, 0) is 52.8 Å². The second-order valence-electron chi connectivity index (χ2n) is 10.4. The van der Waals surface area contributed by atoms with Crippen molar-refractivity contribution in [2.24, 2.45) is 0 Å². The summed E-state index contributed by atoms with van der Waals surface area (Å²) in [5, 5.41) is 6.18. The highest BCUT2D eigenvalue weighted by atomic mass is 35.5. The predicted octanol–water partition coefficient (Wildman–Crippen LogP) is 7.12. The molecule has 5 rings (SSSR count). The number of benzene rings is 4. The fourth-order valence-corrected chi connectivity index (χ4v) is 5.82. The Morgan fingerprint density at radius 1 is 0.821 bits per heavy atom. The van der Waals surface area contributed by atoms with E-state index in [0.717, 1.165) is 53.1 Å². The van der Waals surface area contributed by atoms with Crippen molar-refractivity contribution >= 4 is 34.2 Å². The van der Waals surface area contributed by atoms with E-state index >= 15 is 0 Å². The van der Waals surface area contributed by atoms with E-state index in [9.17, 15) is 9.59 Å². The molecule has 0 radical (unpaired) electrons. The number of rotatable bonds is 10. The molecule has 0 saturated heterocycles. The topological polar surface area (TPSA) is 49.4 Å². The Bertz CT molecular complexity index is 1410. The minimum Gasteiger partial charge on any atom is -0.352 e. The van der Waals surface area contributed by atoms with Gasteiger partial charge in [0.25, 0.3) is 0 Å². The first-order chi connectivity index (χ1) is 19.1. The van der Waals surface area contributed by atoms with Crippen molar-refractivity contribution in [1.29, 1.82) is 0 Å². The molecule has 1 fully saturated rings. The second kappa shape index (κ2) is 12.9. The number of hydrogen-bond acceptors (Lipinski definition) is 2.